The Hall–Kier alpha value is -0.790. The molecule has 108 valence electrons. The molecule has 1 aromatic carbocycles. The fraction of sp³-hybridized carbons (Fsp3) is 0.462. The molecule has 2 saturated heterocycles. The SMILES string of the molecule is CCOc1ccc(N2C(=S)S[C@H]3CS(=O)(=O)C[C@@H]32)cc1. The van der Waals surface area contributed by atoms with Gasteiger partial charge < -0.3 is 9.64 Å². The molecule has 4 nitrogen and oxygen atoms in total. The molecule has 0 N–H and O–H groups in total. The average molecular weight is 329 g/mol. The number of sulfone groups is 1. The predicted octanol–water partition coefficient (Wildman–Crippen LogP) is 2.09. The van der Waals surface area contributed by atoms with Crippen LogP contribution >= 0.6 is 24.0 Å². The summed E-state index contributed by atoms with van der Waals surface area (Å²) in [7, 11) is -2.93. The first kappa shape index (κ1) is 14.2. The average Bonchev–Trinajstić information content (AvgIpc) is 2.81. The minimum Gasteiger partial charge on any atom is -0.494 e. The summed E-state index contributed by atoms with van der Waals surface area (Å²) in [6, 6.07) is 7.62. The predicted molar refractivity (Wildman–Crippen MR) is 86.5 cm³/mol. The Bertz CT molecular complexity index is 627. The van der Waals surface area contributed by atoms with E-state index < -0.39 is 9.84 Å². The Kier molecular flexibility index (Phi) is 3.68. The number of ether oxygens (including phenoxy) is 1. The van der Waals surface area contributed by atoms with Crippen LogP contribution < -0.4 is 9.64 Å². The summed E-state index contributed by atoms with van der Waals surface area (Å²) >= 11 is 6.90. The zero-order valence-electron chi connectivity index (χ0n) is 11.0. The fourth-order valence-corrected chi connectivity index (χ4v) is 7.01. The zero-order valence-corrected chi connectivity index (χ0v) is 13.4. The highest BCUT2D eigenvalue weighted by molar-refractivity contribution is 8.24. The number of nitrogens with zero attached hydrogens (tertiary/aromatic N) is 1. The summed E-state index contributed by atoms with van der Waals surface area (Å²) in [5.41, 5.74) is 0.940. The quantitative estimate of drug-likeness (QED) is 0.792. The second-order valence-corrected chi connectivity index (χ2v) is 8.89. The Morgan fingerprint density at radius 1 is 1.35 bits per heavy atom. The molecule has 0 bridgehead atoms. The van der Waals surface area contributed by atoms with E-state index in [9.17, 15) is 8.42 Å². The van der Waals surface area contributed by atoms with Crippen LogP contribution in [-0.4, -0.2) is 42.1 Å². The highest BCUT2D eigenvalue weighted by Gasteiger charge is 2.48. The molecule has 7 heteroatoms. The minimum absolute atomic E-state index is 0.0320. The minimum atomic E-state index is -2.93. The van der Waals surface area contributed by atoms with Crippen LogP contribution in [0.4, 0.5) is 5.69 Å². The number of hydrogen-bond donors (Lipinski definition) is 0. The van der Waals surface area contributed by atoms with E-state index in [2.05, 4.69) is 0 Å². The first-order valence-corrected chi connectivity index (χ1v) is 9.54. The van der Waals surface area contributed by atoms with E-state index in [0.29, 0.717) is 6.61 Å². The topological polar surface area (TPSA) is 46.6 Å². The second kappa shape index (κ2) is 5.20. The molecule has 0 saturated carbocycles. The van der Waals surface area contributed by atoms with E-state index in [4.69, 9.17) is 17.0 Å². The number of fused-ring (bicyclic) bond motifs is 1. The fourth-order valence-electron chi connectivity index (χ4n) is 2.64. The van der Waals surface area contributed by atoms with Crippen molar-refractivity contribution in [2.24, 2.45) is 0 Å². The first-order valence-electron chi connectivity index (χ1n) is 6.43. The summed E-state index contributed by atoms with van der Waals surface area (Å²) in [5.74, 6) is 1.23. The molecule has 0 radical (unpaired) electrons. The molecular weight excluding hydrogens is 314 g/mol. The molecule has 2 fully saturated rings. The van der Waals surface area contributed by atoms with Gasteiger partial charge in [0.25, 0.3) is 0 Å². The van der Waals surface area contributed by atoms with Crippen LogP contribution in [0.5, 0.6) is 5.75 Å². The Balaban J connectivity index is 1.87. The monoisotopic (exact) mass is 329 g/mol. The lowest BCUT2D eigenvalue weighted by Gasteiger charge is -2.24. The molecule has 1 aromatic rings. The first-order chi connectivity index (χ1) is 9.50. The Morgan fingerprint density at radius 3 is 2.70 bits per heavy atom. The molecule has 0 unspecified atom stereocenters. The molecule has 0 amide bonds. The number of rotatable bonds is 3. The standard InChI is InChI=1S/C13H15NO3S3/c1-2-17-10-5-3-9(4-6-10)14-11-7-20(15,16)8-12(11)19-13(14)18/h3-6,11-12H,2,7-8H2,1H3/t11-,12-/m0/s1. The number of thioether (sulfide) groups is 1. The van der Waals surface area contributed by atoms with Crippen LogP contribution in [-0.2, 0) is 9.84 Å². The van der Waals surface area contributed by atoms with E-state index in [1.807, 2.05) is 36.1 Å². The van der Waals surface area contributed by atoms with Crippen LogP contribution in [0.1, 0.15) is 6.92 Å². The largest absolute Gasteiger partial charge is 0.494 e. The summed E-state index contributed by atoms with van der Waals surface area (Å²) < 4.78 is 29.7. The van der Waals surface area contributed by atoms with Crippen molar-refractivity contribution in [1.29, 1.82) is 0 Å². The molecule has 3 rings (SSSR count). The third kappa shape index (κ3) is 2.54. The van der Waals surface area contributed by atoms with Gasteiger partial charge in [-0.3, -0.25) is 0 Å². The van der Waals surface area contributed by atoms with Crippen LogP contribution in [0.3, 0.4) is 0 Å². The number of thiocarbonyl (C=S) groups is 1. The van der Waals surface area contributed by atoms with E-state index in [-0.39, 0.29) is 22.8 Å². The van der Waals surface area contributed by atoms with Crippen molar-refractivity contribution in [3.05, 3.63) is 24.3 Å². The van der Waals surface area contributed by atoms with Gasteiger partial charge >= 0.3 is 0 Å². The van der Waals surface area contributed by atoms with Crippen LogP contribution in [0.15, 0.2) is 24.3 Å². The second-order valence-electron chi connectivity index (χ2n) is 4.86. The number of hydrogen-bond acceptors (Lipinski definition) is 5. The molecule has 20 heavy (non-hydrogen) atoms. The molecule has 0 aliphatic carbocycles. The van der Waals surface area contributed by atoms with Crippen molar-refractivity contribution in [2.45, 2.75) is 18.2 Å². The van der Waals surface area contributed by atoms with Gasteiger partial charge in [-0.2, -0.15) is 0 Å². The third-order valence-electron chi connectivity index (χ3n) is 3.48. The van der Waals surface area contributed by atoms with Crippen molar-refractivity contribution in [3.63, 3.8) is 0 Å². The lowest BCUT2D eigenvalue weighted by atomic mass is 10.2. The lowest BCUT2D eigenvalue weighted by molar-refractivity contribution is 0.340. The van der Waals surface area contributed by atoms with E-state index in [1.54, 1.807) is 0 Å². The Labute approximate surface area is 128 Å². The van der Waals surface area contributed by atoms with E-state index in [0.717, 1.165) is 15.8 Å². The van der Waals surface area contributed by atoms with Gasteiger partial charge in [0.1, 0.15) is 10.1 Å². The zero-order chi connectivity index (χ0) is 14.3. The van der Waals surface area contributed by atoms with Crippen molar-refractivity contribution < 1.29 is 13.2 Å². The van der Waals surface area contributed by atoms with Crippen molar-refractivity contribution in [3.8, 4) is 5.75 Å². The van der Waals surface area contributed by atoms with Crippen molar-refractivity contribution >= 4 is 43.8 Å². The van der Waals surface area contributed by atoms with Crippen molar-refractivity contribution in [2.75, 3.05) is 23.0 Å². The summed E-state index contributed by atoms with van der Waals surface area (Å²) in [6.07, 6.45) is 0. The van der Waals surface area contributed by atoms with Crippen LogP contribution in [0.25, 0.3) is 0 Å². The molecule has 2 heterocycles. The maximum absolute atomic E-state index is 11.8. The highest BCUT2D eigenvalue weighted by Crippen LogP contribution is 2.41. The highest BCUT2D eigenvalue weighted by atomic mass is 32.2. The van der Waals surface area contributed by atoms with Crippen LogP contribution in [0, 0.1) is 0 Å². The number of anilines is 1. The molecule has 2 atom stereocenters. The molecule has 0 aromatic heterocycles. The van der Waals surface area contributed by atoms with Gasteiger partial charge in [0.15, 0.2) is 9.84 Å². The summed E-state index contributed by atoms with van der Waals surface area (Å²) in [4.78, 5) is 1.98. The molecular formula is C13H15NO3S3. The smallest absolute Gasteiger partial charge is 0.153 e. The van der Waals surface area contributed by atoms with Crippen LogP contribution in [0.2, 0.25) is 0 Å². The maximum atomic E-state index is 11.8. The summed E-state index contributed by atoms with van der Waals surface area (Å²) in [6.45, 7) is 2.56. The van der Waals surface area contributed by atoms with Crippen molar-refractivity contribution in [1.82, 2.24) is 0 Å². The van der Waals surface area contributed by atoms with Gasteiger partial charge in [-0.25, -0.2) is 8.42 Å². The number of benzene rings is 1. The summed E-state index contributed by atoms with van der Waals surface area (Å²) in [5, 5.41) is 0.0686. The van der Waals surface area contributed by atoms with Gasteiger partial charge in [-0.15, -0.1) is 0 Å². The van der Waals surface area contributed by atoms with E-state index >= 15 is 0 Å². The van der Waals surface area contributed by atoms with Gasteiger partial charge in [-0.05, 0) is 31.2 Å². The van der Waals surface area contributed by atoms with Gasteiger partial charge in [0, 0.05) is 10.9 Å². The Morgan fingerprint density at radius 2 is 2.05 bits per heavy atom. The lowest BCUT2D eigenvalue weighted by Crippen LogP contribution is -2.36. The molecule has 2 aliphatic rings. The molecule has 0 spiro atoms. The van der Waals surface area contributed by atoms with Gasteiger partial charge in [0.2, 0.25) is 0 Å². The normalized spacial score (nSPS) is 27.6. The van der Waals surface area contributed by atoms with E-state index in [1.165, 1.54) is 11.8 Å². The van der Waals surface area contributed by atoms with Gasteiger partial charge in [0.05, 0.1) is 24.2 Å². The van der Waals surface area contributed by atoms with Gasteiger partial charge in [-0.1, -0.05) is 24.0 Å². The maximum Gasteiger partial charge on any atom is 0.153 e. The molecule has 2 aliphatic heterocycles. The third-order valence-corrected chi connectivity index (χ3v) is 7.07.